The van der Waals surface area contributed by atoms with Crippen LogP contribution in [-0.2, 0) is 13.7 Å². The summed E-state index contributed by atoms with van der Waals surface area (Å²) in [6, 6.07) is 5.42. The van der Waals surface area contributed by atoms with E-state index in [1.165, 1.54) is 0 Å². The summed E-state index contributed by atoms with van der Waals surface area (Å²) in [6.45, 7) is -0.454. The summed E-state index contributed by atoms with van der Waals surface area (Å²) in [5.41, 5.74) is 1.58. The predicted octanol–water partition coefficient (Wildman–Crippen LogP) is 3.32. The van der Waals surface area contributed by atoms with Crippen molar-refractivity contribution >= 4 is 15.9 Å². The fourth-order valence-corrected chi connectivity index (χ4v) is 1.88. The zero-order chi connectivity index (χ0) is 10.8. The molecular formula is C11H10BrFN2. The number of imidazole rings is 1. The summed E-state index contributed by atoms with van der Waals surface area (Å²) in [4.78, 5) is 4.23. The third-order valence-electron chi connectivity index (χ3n) is 2.25. The van der Waals surface area contributed by atoms with Gasteiger partial charge in [0, 0.05) is 29.5 Å². The van der Waals surface area contributed by atoms with Crippen molar-refractivity contribution in [1.82, 2.24) is 9.55 Å². The normalized spacial score (nSPS) is 10.6. The summed E-state index contributed by atoms with van der Waals surface area (Å²) in [7, 11) is 1.91. The molecule has 0 aliphatic rings. The number of rotatable bonds is 2. The number of nitrogens with zero attached hydrogens (tertiary/aromatic N) is 2. The van der Waals surface area contributed by atoms with Crippen molar-refractivity contribution < 1.29 is 4.39 Å². The summed E-state index contributed by atoms with van der Waals surface area (Å²) in [6.07, 6.45) is 3.59. The summed E-state index contributed by atoms with van der Waals surface area (Å²) < 4.78 is 15.4. The van der Waals surface area contributed by atoms with E-state index in [-0.39, 0.29) is 0 Å². The highest BCUT2D eigenvalue weighted by Crippen LogP contribution is 2.27. The average Bonchev–Trinajstić information content (AvgIpc) is 2.65. The summed E-state index contributed by atoms with van der Waals surface area (Å²) in [5.74, 6) is 0.831. The Bertz CT molecular complexity index is 479. The molecule has 0 fully saturated rings. The topological polar surface area (TPSA) is 17.8 Å². The van der Waals surface area contributed by atoms with Crippen LogP contribution in [-0.4, -0.2) is 9.55 Å². The molecule has 0 spiro atoms. The Balaban J connectivity index is 2.56. The molecule has 4 heteroatoms. The molecule has 1 aromatic carbocycles. The molecule has 78 valence electrons. The first kappa shape index (κ1) is 10.4. The molecular weight excluding hydrogens is 259 g/mol. The van der Waals surface area contributed by atoms with Gasteiger partial charge in [0.1, 0.15) is 12.5 Å². The minimum atomic E-state index is -0.454. The van der Waals surface area contributed by atoms with E-state index < -0.39 is 6.67 Å². The van der Waals surface area contributed by atoms with Gasteiger partial charge >= 0.3 is 0 Å². The fourth-order valence-electron chi connectivity index (χ4n) is 1.45. The van der Waals surface area contributed by atoms with Crippen molar-refractivity contribution in [3.8, 4) is 11.4 Å². The van der Waals surface area contributed by atoms with Gasteiger partial charge in [0.15, 0.2) is 0 Å². The number of aromatic nitrogens is 2. The van der Waals surface area contributed by atoms with Crippen LogP contribution in [0.4, 0.5) is 4.39 Å². The van der Waals surface area contributed by atoms with Crippen LogP contribution < -0.4 is 0 Å². The molecule has 1 heterocycles. The zero-order valence-electron chi connectivity index (χ0n) is 8.24. The van der Waals surface area contributed by atoms with E-state index in [4.69, 9.17) is 0 Å². The van der Waals surface area contributed by atoms with Crippen molar-refractivity contribution in [2.45, 2.75) is 6.67 Å². The first-order chi connectivity index (χ1) is 7.22. The maximum atomic E-state index is 12.5. The Morgan fingerprint density at radius 1 is 1.47 bits per heavy atom. The quantitative estimate of drug-likeness (QED) is 0.817. The smallest absolute Gasteiger partial charge is 0.140 e. The first-order valence-corrected chi connectivity index (χ1v) is 5.33. The first-order valence-electron chi connectivity index (χ1n) is 4.54. The number of hydrogen-bond donors (Lipinski definition) is 0. The molecule has 0 unspecified atom stereocenters. The van der Waals surface area contributed by atoms with Gasteiger partial charge in [0.2, 0.25) is 0 Å². The minimum Gasteiger partial charge on any atom is -0.334 e. The second-order valence-electron chi connectivity index (χ2n) is 3.31. The van der Waals surface area contributed by atoms with Gasteiger partial charge in [-0.1, -0.05) is 22.0 Å². The molecule has 0 saturated carbocycles. The van der Waals surface area contributed by atoms with Gasteiger partial charge in [-0.3, -0.25) is 0 Å². The lowest BCUT2D eigenvalue weighted by Crippen LogP contribution is -1.93. The number of alkyl halides is 1. The molecule has 0 bridgehead atoms. The second-order valence-corrected chi connectivity index (χ2v) is 4.16. The Labute approximate surface area is 95.9 Å². The van der Waals surface area contributed by atoms with Gasteiger partial charge in [-0.05, 0) is 17.7 Å². The molecule has 0 saturated heterocycles. The third kappa shape index (κ3) is 1.95. The highest BCUT2D eigenvalue weighted by atomic mass is 79.9. The van der Waals surface area contributed by atoms with Gasteiger partial charge < -0.3 is 4.57 Å². The number of halogens is 2. The lowest BCUT2D eigenvalue weighted by Gasteiger charge is -2.06. The standard InChI is InChI=1S/C11H10BrFN2/c1-15-5-4-14-11(15)9-6-8(7-13)2-3-10(9)12/h2-6H,7H2,1H3. The Hall–Kier alpha value is -1.16. The molecule has 0 N–H and O–H groups in total. The number of aryl methyl sites for hydroxylation is 1. The van der Waals surface area contributed by atoms with E-state index in [2.05, 4.69) is 20.9 Å². The van der Waals surface area contributed by atoms with Gasteiger partial charge in [-0.25, -0.2) is 9.37 Å². The third-order valence-corrected chi connectivity index (χ3v) is 2.94. The molecule has 0 radical (unpaired) electrons. The van der Waals surface area contributed by atoms with Crippen molar-refractivity contribution in [2.24, 2.45) is 7.05 Å². The maximum Gasteiger partial charge on any atom is 0.140 e. The zero-order valence-corrected chi connectivity index (χ0v) is 9.83. The van der Waals surface area contributed by atoms with Crippen LogP contribution in [0.3, 0.4) is 0 Å². The highest BCUT2D eigenvalue weighted by molar-refractivity contribution is 9.10. The van der Waals surface area contributed by atoms with E-state index in [9.17, 15) is 4.39 Å². The van der Waals surface area contributed by atoms with E-state index >= 15 is 0 Å². The largest absolute Gasteiger partial charge is 0.334 e. The SMILES string of the molecule is Cn1ccnc1-c1cc(CF)ccc1Br. The Morgan fingerprint density at radius 3 is 2.87 bits per heavy atom. The van der Waals surface area contributed by atoms with Crippen molar-refractivity contribution in [3.63, 3.8) is 0 Å². The molecule has 0 amide bonds. The van der Waals surface area contributed by atoms with Crippen LogP contribution in [0.2, 0.25) is 0 Å². The van der Waals surface area contributed by atoms with E-state index in [1.807, 2.05) is 29.9 Å². The van der Waals surface area contributed by atoms with Crippen LogP contribution in [0.5, 0.6) is 0 Å². The van der Waals surface area contributed by atoms with Crippen molar-refractivity contribution in [2.75, 3.05) is 0 Å². The Morgan fingerprint density at radius 2 is 2.27 bits per heavy atom. The summed E-state index contributed by atoms with van der Waals surface area (Å²) >= 11 is 3.44. The van der Waals surface area contributed by atoms with E-state index in [1.54, 1.807) is 12.3 Å². The van der Waals surface area contributed by atoms with Crippen LogP contribution in [0.1, 0.15) is 5.56 Å². The van der Waals surface area contributed by atoms with E-state index in [0.717, 1.165) is 15.9 Å². The van der Waals surface area contributed by atoms with E-state index in [0.29, 0.717) is 5.56 Å². The van der Waals surface area contributed by atoms with Crippen LogP contribution in [0.25, 0.3) is 11.4 Å². The van der Waals surface area contributed by atoms with Gasteiger partial charge in [-0.2, -0.15) is 0 Å². The van der Waals surface area contributed by atoms with Crippen LogP contribution in [0, 0.1) is 0 Å². The second kappa shape index (κ2) is 4.14. The van der Waals surface area contributed by atoms with Gasteiger partial charge in [0.05, 0.1) is 0 Å². The lowest BCUT2D eigenvalue weighted by molar-refractivity contribution is 0.485. The molecule has 2 nitrogen and oxygen atoms in total. The molecule has 0 aliphatic heterocycles. The minimum absolute atomic E-state index is 0.454. The molecule has 0 aliphatic carbocycles. The molecule has 2 rings (SSSR count). The van der Waals surface area contributed by atoms with Crippen LogP contribution in [0.15, 0.2) is 35.1 Å². The van der Waals surface area contributed by atoms with Crippen molar-refractivity contribution in [3.05, 3.63) is 40.6 Å². The predicted molar refractivity (Wildman–Crippen MR) is 61.2 cm³/mol. The fraction of sp³-hybridized carbons (Fsp3) is 0.182. The Kier molecular flexibility index (Phi) is 2.86. The maximum absolute atomic E-state index is 12.5. The van der Waals surface area contributed by atoms with Gasteiger partial charge in [0.25, 0.3) is 0 Å². The molecule has 15 heavy (non-hydrogen) atoms. The van der Waals surface area contributed by atoms with Crippen molar-refractivity contribution in [1.29, 1.82) is 0 Å². The molecule has 2 aromatic rings. The number of hydrogen-bond acceptors (Lipinski definition) is 1. The summed E-state index contributed by atoms with van der Waals surface area (Å²) in [5, 5.41) is 0. The highest BCUT2D eigenvalue weighted by Gasteiger charge is 2.08. The monoisotopic (exact) mass is 268 g/mol. The number of benzene rings is 1. The average molecular weight is 269 g/mol. The molecule has 0 atom stereocenters. The lowest BCUT2D eigenvalue weighted by atomic mass is 10.1. The molecule has 1 aromatic heterocycles. The van der Waals surface area contributed by atoms with Gasteiger partial charge in [-0.15, -0.1) is 0 Å². The van der Waals surface area contributed by atoms with Crippen LogP contribution >= 0.6 is 15.9 Å².